The predicted molar refractivity (Wildman–Crippen MR) is 138 cm³/mol. The van der Waals surface area contributed by atoms with E-state index in [1.54, 1.807) is 0 Å². The number of carbonyl (C=O) groups is 1. The minimum atomic E-state index is 0.0979. The topological polar surface area (TPSA) is 63.9 Å². The Balaban J connectivity index is 0.965. The van der Waals surface area contributed by atoms with Gasteiger partial charge in [0.1, 0.15) is 5.76 Å². The van der Waals surface area contributed by atoms with Gasteiger partial charge in [0, 0.05) is 23.2 Å². The molecule has 0 radical (unpaired) electrons. The smallest absolute Gasteiger partial charge is 0.231 e. The second-order valence-corrected chi connectivity index (χ2v) is 10.7. The molecule has 5 aliphatic rings. The van der Waals surface area contributed by atoms with Crippen LogP contribution in [0.2, 0.25) is 0 Å². The summed E-state index contributed by atoms with van der Waals surface area (Å²) in [6, 6.07) is 15.1. The maximum Gasteiger partial charge on any atom is 0.231 e. The van der Waals surface area contributed by atoms with Crippen molar-refractivity contribution in [3.63, 3.8) is 0 Å². The van der Waals surface area contributed by atoms with Gasteiger partial charge in [-0.05, 0) is 93.8 Å². The molecule has 3 aliphatic heterocycles. The number of hydrogen-bond acceptors (Lipinski definition) is 5. The second kappa shape index (κ2) is 10.6. The van der Waals surface area contributed by atoms with E-state index >= 15 is 0 Å². The zero-order valence-electron chi connectivity index (χ0n) is 20.9. The Kier molecular flexibility index (Phi) is 6.86. The van der Waals surface area contributed by atoms with Crippen LogP contribution in [0.15, 0.2) is 53.1 Å². The molecule has 1 N–H and O–H groups in total. The van der Waals surface area contributed by atoms with Gasteiger partial charge < -0.3 is 19.2 Å². The number of benzene rings is 1. The number of amides is 1. The lowest BCUT2D eigenvalue weighted by molar-refractivity contribution is -0.121. The number of fused-ring (bicyclic) bond motifs is 2. The molecule has 1 saturated heterocycles. The molecule has 0 aromatic heterocycles. The summed E-state index contributed by atoms with van der Waals surface area (Å²) in [4.78, 5) is 15.3. The van der Waals surface area contributed by atoms with Gasteiger partial charge in [-0.1, -0.05) is 24.6 Å². The fourth-order valence-electron chi connectivity index (χ4n) is 6.26. The van der Waals surface area contributed by atoms with Crippen LogP contribution < -0.4 is 14.8 Å². The first-order chi connectivity index (χ1) is 17.7. The van der Waals surface area contributed by atoms with Gasteiger partial charge in [-0.2, -0.15) is 0 Å². The van der Waals surface area contributed by atoms with E-state index in [1.165, 1.54) is 56.2 Å². The number of carbonyl (C=O) groups excluding carboxylic acids is 1. The van der Waals surface area contributed by atoms with E-state index in [4.69, 9.17) is 13.9 Å². The summed E-state index contributed by atoms with van der Waals surface area (Å²) in [5.41, 5.74) is 3.49. The quantitative estimate of drug-likeness (QED) is 0.445. The minimum Gasteiger partial charge on any atom is -0.464 e. The van der Waals surface area contributed by atoms with E-state index in [2.05, 4.69) is 28.4 Å². The number of rotatable bonds is 7. The molecule has 190 valence electrons. The Bertz CT molecular complexity index is 1150. The van der Waals surface area contributed by atoms with Crippen LogP contribution >= 0.6 is 0 Å². The maximum atomic E-state index is 12.6. The molecule has 1 atom stereocenters. The molecule has 1 aromatic rings. The molecule has 6 heteroatoms. The van der Waals surface area contributed by atoms with Crippen molar-refractivity contribution in [2.45, 2.75) is 69.9 Å². The first-order valence-corrected chi connectivity index (χ1v) is 13.6. The summed E-state index contributed by atoms with van der Waals surface area (Å²) < 4.78 is 16.7. The van der Waals surface area contributed by atoms with Gasteiger partial charge in [0.2, 0.25) is 12.7 Å². The van der Waals surface area contributed by atoms with E-state index in [0.29, 0.717) is 18.5 Å². The third-order valence-electron chi connectivity index (χ3n) is 8.29. The first-order valence-electron chi connectivity index (χ1n) is 13.6. The van der Waals surface area contributed by atoms with Crippen molar-refractivity contribution in [2.75, 3.05) is 19.9 Å². The van der Waals surface area contributed by atoms with Gasteiger partial charge in [0.25, 0.3) is 0 Å². The van der Waals surface area contributed by atoms with Gasteiger partial charge in [0.05, 0.1) is 12.7 Å². The van der Waals surface area contributed by atoms with E-state index in [-0.39, 0.29) is 12.7 Å². The molecule has 6 rings (SSSR count). The normalized spacial score (nSPS) is 24.2. The molecule has 0 spiro atoms. The standard InChI is InChI=1S/C30H36N2O4/c33-30(17-22-9-12-28-29(16-22)36-20-35-28)31-25-10-7-21(8-11-25)13-15-32-14-2-1-5-26(32)24-18-23-4-3-6-27(23)34-19-24/h3-4,6,9,12,16,18-19,21,25-26H,1-2,5,7-8,10-11,13-15,17,20H2,(H,31,33). The average Bonchev–Trinajstić information content (AvgIpc) is 3.57. The van der Waals surface area contributed by atoms with Crippen LogP contribution in [0.4, 0.5) is 0 Å². The zero-order chi connectivity index (χ0) is 24.3. The predicted octanol–water partition coefficient (Wildman–Crippen LogP) is 5.95. The van der Waals surface area contributed by atoms with Crippen LogP contribution in [-0.2, 0) is 11.2 Å². The number of likely N-dealkylation sites (tertiary alicyclic amines) is 1. The van der Waals surface area contributed by atoms with Crippen molar-refractivity contribution in [1.82, 2.24) is 10.2 Å². The minimum absolute atomic E-state index is 0.0979. The Hall–Kier alpha value is -2.99. The summed E-state index contributed by atoms with van der Waals surface area (Å²) in [5, 5.41) is 3.27. The van der Waals surface area contributed by atoms with Gasteiger partial charge >= 0.3 is 0 Å². The Morgan fingerprint density at radius 1 is 0.972 bits per heavy atom. The lowest BCUT2D eigenvalue weighted by Gasteiger charge is -2.37. The fraction of sp³-hybridized carbons (Fsp3) is 0.500. The lowest BCUT2D eigenvalue weighted by Crippen LogP contribution is -2.39. The van der Waals surface area contributed by atoms with Crippen LogP contribution in [0.1, 0.15) is 68.5 Å². The number of nitrogens with zero attached hydrogens (tertiary/aromatic N) is 1. The van der Waals surface area contributed by atoms with Gasteiger partial charge in [-0.3, -0.25) is 9.69 Å². The monoisotopic (exact) mass is 488 g/mol. The SMILES string of the molecule is O=C(Cc1ccc2c(c1)OCO2)NC1CCC(CCN2CCCCC2c2coc3cccc-3c2)CC1. The van der Waals surface area contributed by atoms with E-state index in [0.717, 1.165) is 48.1 Å². The third-order valence-corrected chi connectivity index (χ3v) is 8.29. The van der Waals surface area contributed by atoms with Crippen LogP contribution in [0.3, 0.4) is 0 Å². The highest BCUT2D eigenvalue weighted by atomic mass is 16.7. The highest BCUT2D eigenvalue weighted by molar-refractivity contribution is 5.79. The van der Waals surface area contributed by atoms with Crippen molar-refractivity contribution in [3.8, 4) is 22.8 Å². The summed E-state index contributed by atoms with van der Waals surface area (Å²) in [7, 11) is 0. The molecule has 0 bridgehead atoms. The van der Waals surface area contributed by atoms with Crippen molar-refractivity contribution in [2.24, 2.45) is 5.92 Å². The highest BCUT2D eigenvalue weighted by Crippen LogP contribution is 2.36. The van der Waals surface area contributed by atoms with Crippen LogP contribution in [0.5, 0.6) is 11.5 Å². The van der Waals surface area contributed by atoms with Gasteiger partial charge in [-0.15, -0.1) is 0 Å². The lowest BCUT2D eigenvalue weighted by atomic mass is 9.83. The van der Waals surface area contributed by atoms with Crippen molar-refractivity contribution in [1.29, 1.82) is 0 Å². The third kappa shape index (κ3) is 5.24. The first kappa shape index (κ1) is 23.4. The van der Waals surface area contributed by atoms with Crippen molar-refractivity contribution < 1.29 is 18.7 Å². The molecule has 6 nitrogen and oxygen atoms in total. The molecular formula is C30H36N2O4. The number of nitrogens with one attached hydrogen (secondary N) is 1. The molecule has 2 fully saturated rings. The summed E-state index contributed by atoms with van der Waals surface area (Å²) in [6.07, 6.45) is 11.9. The van der Waals surface area contributed by atoms with Crippen LogP contribution in [-0.4, -0.2) is 36.7 Å². The molecule has 1 amide bonds. The van der Waals surface area contributed by atoms with E-state index in [1.807, 2.05) is 30.5 Å². The number of hydrogen-bond donors (Lipinski definition) is 1. The van der Waals surface area contributed by atoms with E-state index < -0.39 is 0 Å². The summed E-state index contributed by atoms with van der Waals surface area (Å²) >= 11 is 0. The van der Waals surface area contributed by atoms with Crippen molar-refractivity contribution >= 4 is 5.91 Å². The Morgan fingerprint density at radius 2 is 1.86 bits per heavy atom. The highest BCUT2D eigenvalue weighted by Gasteiger charge is 2.28. The van der Waals surface area contributed by atoms with Gasteiger partial charge in [-0.25, -0.2) is 0 Å². The average molecular weight is 489 g/mol. The Labute approximate surface area is 213 Å². The van der Waals surface area contributed by atoms with Crippen molar-refractivity contribution in [3.05, 3.63) is 59.9 Å². The number of ether oxygens (including phenoxy) is 2. The molecule has 1 unspecified atom stereocenters. The molecule has 1 aromatic carbocycles. The van der Waals surface area contributed by atoms with Crippen LogP contribution in [0, 0.1) is 5.92 Å². The van der Waals surface area contributed by atoms with E-state index in [9.17, 15) is 4.79 Å². The molecule has 1 saturated carbocycles. The Morgan fingerprint density at radius 3 is 2.78 bits per heavy atom. The zero-order valence-corrected chi connectivity index (χ0v) is 20.9. The molecule has 3 heterocycles. The second-order valence-electron chi connectivity index (χ2n) is 10.7. The molecule has 36 heavy (non-hydrogen) atoms. The summed E-state index contributed by atoms with van der Waals surface area (Å²) in [6.45, 7) is 2.58. The van der Waals surface area contributed by atoms with Crippen LogP contribution in [0.25, 0.3) is 11.3 Å². The summed E-state index contributed by atoms with van der Waals surface area (Å²) in [5.74, 6) is 3.31. The molecular weight excluding hydrogens is 452 g/mol. The largest absolute Gasteiger partial charge is 0.464 e. The number of piperidine rings is 1. The fourth-order valence-corrected chi connectivity index (χ4v) is 6.26. The molecule has 2 aliphatic carbocycles. The maximum absolute atomic E-state index is 12.6. The van der Waals surface area contributed by atoms with Gasteiger partial charge in [0.15, 0.2) is 11.5 Å².